The van der Waals surface area contributed by atoms with E-state index in [0.717, 1.165) is 29.7 Å². The molecule has 0 amide bonds. The Morgan fingerprint density at radius 3 is 2.50 bits per heavy atom. The minimum atomic E-state index is -0.567. The van der Waals surface area contributed by atoms with Crippen molar-refractivity contribution in [2.75, 3.05) is 27.8 Å². The van der Waals surface area contributed by atoms with Gasteiger partial charge in [-0.25, -0.2) is 0 Å². The second-order valence-corrected chi connectivity index (χ2v) is 10.1. The Kier molecular flexibility index (Phi) is 7.73. The molecule has 8 heteroatoms. The van der Waals surface area contributed by atoms with E-state index < -0.39 is 5.41 Å². The number of fused-ring (bicyclic) bond motifs is 1. The molecule has 196 valence electrons. The van der Waals surface area contributed by atoms with Crippen molar-refractivity contribution in [2.24, 2.45) is 5.92 Å². The molecule has 1 aromatic rings. The number of likely N-dealkylation sites (N-methyl/N-ethyl adjacent to an activating group) is 1. The van der Waals surface area contributed by atoms with E-state index in [9.17, 15) is 14.4 Å². The van der Waals surface area contributed by atoms with Crippen molar-refractivity contribution in [2.45, 2.75) is 76.9 Å². The molecule has 0 saturated carbocycles. The van der Waals surface area contributed by atoms with Crippen LogP contribution in [0.5, 0.6) is 11.5 Å². The maximum Gasteiger partial charge on any atom is 0.311 e. The molecule has 2 aliphatic carbocycles. The van der Waals surface area contributed by atoms with Gasteiger partial charge in [0.25, 0.3) is 0 Å². The highest BCUT2D eigenvalue weighted by Crippen LogP contribution is 2.58. The van der Waals surface area contributed by atoms with Gasteiger partial charge in [-0.1, -0.05) is 13.8 Å². The lowest BCUT2D eigenvalue weighted by atomic mass is 9.53. The first kappa shape index (κ1) is 26.2. The minimum Gasteiger partial charge on any atom is -0.493 e. The van der Waals surface area contributed by atoms with E-state index in [1.807, 2.05) is 26.0 Å². The highest BCUT2D eigenvalue weighted by Gasteiger charge is 2.57. The van der Waals surface area contributed by atoms with Crippen LogP contribution in [0.2, 0.25) is 0 Å². The van der Waals surface area contributed by atoms with Gasteiger partial charge in [-0.3, -0.25) is 14.4 Å². The van der Waals surface area contributed by atoms with Crippen molar-refractivity contribution >= 4 is 17.7 Å². The van der Waals surface area contributed by atoms with Crippen molar-refractivity contribution in [3.63, 3.8) is 0 Å². The van der Waals surface area contributed by atoms with Gasteiger partial charge in [-0.2, -0.15) is 0 Å². The van der Waals surface area contributed by atoms with Crippen LogP contribution in [0.1, 0.15) is 69.1 Å². The van der Waals surface area contributed by atoms with Gasteiger partial charge in [0.1, 0.15) is 6.61 Å². The van der Waals surface area contributed by atoms with Crippen LogP contribution in [0.15, 0.2) is 17.9 Å². The number of methoxy groups -OCH3 is 2. The fraction of sp³-hybridized carbons (Fsp3) is 0.607. The van der Waals surface area contributed by atoms with E-state index in [1.165, 1.54) is 14.2 Å². The zero-order chi connectivity index (χ0) is 26.0. The quantitative estimate of drug-likeness (QED) is 0.374. The Morgan fingerprint density at radius 2 is 1.83 bits per heavy atom. The molecule has 1 fully saturated rings. The van der Waals surface area contributed by atoms with Gasteiger partial charge in [-0.15, -0.1) is 0 Å². The highest BCUT2D eigenvalue weighted by molar-refractivity contribution is 5.96. The summed E-state index contributed by atoms with van der Waals surface area (Å²) < 4.78 is 22.8. The number of likely N-dealkylation sites (tertiary alicyclic amines) is 1. The molecule has 0 aromatic heterocycles. The molecule has 3 atom stereocenters. The molecule has 0 spiro atoms. The zero-order valence-electron chi connectivity index (χ0n) is 22.0. The number of ketones is 1. The fourth-order valence-electron chi connectivity index (χ4n) is 6.19. The lowest BCUT2D eigenvalue weighted by Crippen LogP contribution is -2.60. The molecule has 8 nitrogen and oxygen atoms in total. The Bertz CT molecular complexity index is 1080. The summed E-state index contributed by atoms with van der Waals surface area (Å²) in [7, 11) is 5.17. The van der Waals surface area contributed by atoms with Crippen LogP contribution < -0.4 is 9.47 Å². The van der Waals surface area contributed by atoms with Crippen LogP contribution >= 0.6 is 0 Å². The van der Waals surface area contributed by atoms with E-state index in [4.69, 9.17) is 18.9 Å². The fourth-order valence-corrected chi connectivity index (χ4v) is 6.19. The lowest BCUT2D eigenvalue weighted by molar-refractivity contribution is -0.145. The van der Waals surface area contributed by atoms with Gasteiger partial charge in [0.15, 0.2) is 23.0 Å². The molecule has 0 unspecified atom stereocenters. The monoisotopic (exact) mass is 499 g/mol. The van der Waals surface area contributed by atoms with Gasteiger partial charge < -0.3 is 23.8 Å². The van der Waals surface area contributed by atoms with Gasteiger partial charge >= 0.3 is 11.9 Å². The predicted molar refractivity (Wildman–Crippen MR) is 133 cm³/mol. The topological polar surface area (TPSA) is 91.4 Å². The van der Waals surface area contributed by atoms with Gasteiger partial charge in [0.05, 0.1) is 14.2 Å². The van der Waals surface area contributed by atoms with Crippen molar-refractivity contribution in [1.29, 1.82) is 0 Å². The first-order valence-electron chi connectivity index (χ1n) is 12.9. The lowest BCUT2D eigenvalue weighted by Gasteiger charge is -2.57. The number of esters is 2. The SMILES string of the molecule is CCCC(=O)OCc1cc(OC)c(OC(=O)CCC)c2c1C[C@H]1[C@H]3C=C(OC)C(=O)C[C@@]23CCN1C. The van der Waals surface area contributed by atoms with Crippen LogP contribution in [0.3, 0.4) is 0 Å². The van der Waals surface area contributed by atoms with Crippen molar-refractivity contribution < 1.29 is 33.3 Å². The van der Waals surface area contributed by atoms with Gasteiger partial charge in [-0.05, 0) is 62.5 Å². The van der Waals surface area contributed by atoms with Crippen LogP contribution in [0, 0.1) is 5.92 Å². The first-order valence-corrected chi connectivity index (χ1v) is 12.9. The molecule has 1 heterocycles. The molecule has 4 rings (SSSR count). The smallest absolute Gasteiger partial charge is 0.311 e. The summed E-state index contributed by atoms with van der Waals surface area (Å²) >= 11 is 0. The Balaban J connectivity index is 1.93. The number of hydrogen-bond acceptors (Lipinski definition) is 8. The third-order valence-corrected chi connectivity index (χ3v) is 7.92. The van der Waals surface area contributed by atoms with Gasteiger partial charge in [0.2, 0.25) is 0 Å². The number of allylic oxidation sites excluding steroid dienone is 1. The van der Waals surface area contributed by atoms with E-state index in [0.29, 0.717) is 42.9 Å². The summed E-state index contributed by atoms with van der Waals surface area (Å²) in [5.74, 6) is 0.549. The molecule has 0 N–H and O–H groups in total. The summed E-state index contributed by atoms with van der Waals surface area (Å²) in [6, 6.07) is 1.95. The molecule has 1 saturated heterocycles. The second kappa shape index (κ2) is 10.6. The second-order valence-electron chi connectivity index (χ2n) is 10.1. The largest absolute Gasteiger partial charge is 0.493 e. The Hall–Kier alpha value is -2.87. The van der Waals surface area contributed by atoms with Crippen LogP contribution in [0.25, 0.3) is 0 Å². The third-order valence-electron chi connectivity index (χ3n) is 7.92. The standard InChI is InChI=1S/C28H37NO7/c1-6-8-24(31)35-16-17-12-23(34-5)27(36-25(32)9-7-2)26-18(17)13-20-19-14-22(33-4)21(30)15-28(19,26)10-11-29(20)3/h12,14,19-20H,6-11,13,15-16H2,1-5H3/t19-,20+,28-/m1/s1. The van der Waals surface area contributed by atoms with E-state index in [-0.39, 0.29) is 49.1 Å². The van der Waals surface area contributed by atoms with Crippen molar-refractivity contribution in [3.8, 4) is 11.5 Å². The number of nitrogens with zero attached hydrogens (tertiary/aromatic N) is 1. The molecular weight excluding hydrogens is 462 g/mol. The minimum absolute atomic E-state index is 0.00243. The van der Waals surface area contributed by atoms with Gasteiger partial charge in [0, 0.05) is 42.2 Å². The van der Waals surface area contributed by atoms with Crippen LogP contribution in [0.4, 0.5) is 0 Å². The molecule has 3 aliphatic rings. The Morgan fingerprint density at radius 1 is 1.11 bits per heavy atom. The summed E-state index contributed by atoms with van der Waals surface area (Å²) in [5, 5.41) is 0. The van der Waals surface area contributed by atoms with E-state index in [1.54, 1.807) is 0 Å². The number of benzene rings is 1. The summed E-state index contributed by atoms with van der Waals surface area (Å²) in [5.41, 5.74) is 2.09. The number of carbonyl (C=O) groups excluding carboxylic acids is 3. The average molecular weight is 500 g/mol. The molecule has 1 aliphatic heterocycles. The molecule has 1 aromatic carbocycles. The van der Waals surface area contributed by atoms with Crippen LogP contribution in [-0.4, -0.2) is 56.5 Å². The number of hydrogen-bond donors (Lipinski definition) is 0. The number of rotatable bonds is 9. The van der Waals surface area contributed by atoms with E-state index >= 15 is 0 Å². The summed E-state index contributed by atoms with van der Waals surface area (Å²) in [6.07, 6.45) is 5.61. The maximum absolute atomic E-state index is 13.2. The molecule has 0 radical (unpaired) electrons. The molecule has 36 heavy (non-hydrogen) atoms. The maximum atomic E-state index is 13.2. The third kappa shape index (κ3) is 4.51. The van der Waals surface area contributed by atoms with Crippen molar-refractivity contribution in [3.05, 3.63) is 34.6 Å². The average Bonchev–Trinajstić information content (AvgIpc) is 2.85. The summed E-state index contributed by atoms with van der Waals surface area (Å²) in [4.78, 5) is 40.5. The number of carbonyl (C=O) groups is 3. The molecular formula is C28H37NO7. The van der Waals surface area contributed by atoms with Crippen LogP contribution in [-0.2, 0) is 42.3 Å². The number of piperidine rings is 1. The first-order chi connectivity index (χ1) is 17.3. The normalized spacial score (nSPS) is 24.8. The zero-order valence-corrected chi connectivity index (χ0v) is 22.0. The predicted octanol–water partition coefficient (Wildman–Crippen LogP) is 3.86. The summed E-state index contributed by atoms with van der Waals surface area (Å²) in [6.45, 7) is 4.77. The number of ether oxygens (including phenoxy) is 4. The highest BCUT2D eigenvalue weighted by atomic mass is 16.6. The van der Waals surface area contributed by atoms with E-state index in [2.05, 4.69) is 11.9 Å². The Labute approximate surface area is 212 Å². The number of Topliss-reactive ketones (excluding diaryl/α,β-unsaturated/α-hetero) is 1. The van der Waals surface area contributed by atoms with Crippen molar-refractivity contribution in [1.82, 2.24) is 4.90 Å². The molecule has 2 bridgehead atoms.